The summed E-state index contributed by atoms with van der Waals surface area (Å²) in [6.07, 6.45) is 2.02. The van der Waals surface area contributed by atoms with Crippen LogP contribution in [0.4, 0.5) is 0 Å². The van der Waals surface area contributed by atoms with E-state index < -0.39 is 0 Å². The fourth-order valence-corrected chi connectivity index (χ4v) is 3.20. The second-order valence-corrected chi connectivity index (χ2v) is 6.39. The molecule has 1 unspecified atom stereocenters. The topological polar surface area (TPSA) is 58.6 Å². The van der Waals surface area contributed by atoms with Crippen LogP contribution in [0.5, 0.6) is 5.75 Å². The molecule has 1 aliphatic carbocycles. The molecule has 1 N–H and O–H groups in total. The van der Waals surface area contributed by atoms with Crippen LogP contribution >= 0.6 is 15.9 Å². The molecule has 0 radical (unpaired) electrons. The highest BCUT2D eigenvalue weighted by molar-refractivity contribution is 9.10. The van der Waals surface area contributed by atoms with Crippen LogP contribution in [0.1, 0.15) is 18.4 Å². The van der Waals surface area contributed by atoms with Crippen molar-refractivity contribution in [3.05, 3.63) is 28.2 Å². The van der Waals surface area contributed by atoms with Gasteiger partial charge < -0.3 is 15.0 Å². The molecular formula is C15H17BrN2O3. The molecule has 0 aromatic heterocycles. The summed E-state index contributed by atoms with van der Waals surface area (Å²) in [5.74, 6) is 0.957. The van der Waals surface area contributed by atoms with Crippen molar-refractivity contribution in [2.24, 2.45) is 5.92 Å². The molecular weight excluding hydrogens is 336 g/mol. The Bertz CT molecular complexity index is 586. The maximum atomic E-state index is 12.2. The molecule has 1 aliphatic heterocycles. The zero-order valence-electron chi connectivity index (χ0n) is 11.8. The van der Waals surface area contributed by atoms with E-state index in [1.807, 2.05) is 18.2 Å². The Morgan fingerprint density at radius 1 is 1.38 bits per heavy atom. The van der Waals surface area contributed by atoms with Crippen LogP contribution in [0.25, 0.3) is 0 Å². The van der Waals surface area contributed by atoms with Gasteiger partial charge in [0.15, 0.2) is 0 Å². The summed E-state index contributed by atoms with van der Waals surface area (Å²) in [6, 6.07) is 5.35. The van der Waals surface area contributed by atoms with Gasteiger partial charge in [-0.05, 0) is 37.0 Å². The Balaban J connectivity index is 1.88. The third kappa shape index (κ3) is 2.90. The molecule has 5 nitrogen and oxygen atoms in total. The van der Waals surface area contributed by atoms with Gasteiger partial charge in [0.1, 0.15) is 11.8 Å². The van der Waals surface area contributed by atoms with Crippen molar-refractivity contribution < 1.29 is 14.3 Å². The number of rotatable bonds is 4. The minimum atomic E-state index is -0.338. The molecule has 2 fully saturated rings. The average molecular weight is 353 g/mol. The minimum Gasteiger partial charge on any atom is -0.496 e. The number of carbonyl (C=O) groups excluding carboxylic acids is 2. The van der Waals surface area contributed by atoms with Crippen molar-refractivity contribution in [3.63, 3.8) is 0 Å². The summed E-state index contributed by atoms with van der Waals surface area (Å²) in [5.41, 5.74) is 0.903. The monoisotopic (exact) mass is 352 g/mol. The standard InChI is InChI=1S/C15H17BrN2O3/c1-21-12-5-4-11(16)6-10(12)8-18-13(19)7-17-15(20)14(18)9-2-3-9/h4-6,9,14H,2-3,7-8H2,1H3,(H,17,20). The zero-order chi connectivity index (χ0) is 15.0. The largest absolute Gasteiger partial charge is 0.496 e. The minimum absolute atomic E-state index is 0.0338. The number of carbonyl (C=O) groups is 2. The first-order chi connectivity index (χ1) is 10.1. The summed E-state index contributed by atoms with van der Waals surface area (Å²) >= 11 is 3.44. The zero-order valence-corrected chi connectivity index (χ0v) is 13.4. The lowest BCUT2D eigenvalue weighted by Crippen LogP contribution is -2.58. The highest BCUT2D eigenvalue weighted by Crippen LogP contribution is 2.37. The number of methoxy groups -OCH3 is 1. The molecule has 2 aliphatic rings. The number of halogens is 1. The summed E-state index contributed by atoms with van der Waals surface area (Å²) in [6.45, 7) is 0.481. The van der Waals surface area contributed by atoms with E-state index in [9.17, 15) is 9.59 Å². The van der Waals surface area contributed by atoms with E-state index >= 15 is 0 Å². The lowest BCUT2D eigenvalue weighted by atomic mass is 10.1. The first-order valence-electron chi connectivity index (χ1n) is 6.99. The first-order valence-corrected chi connectivity index (χ1v) is 7.79. The molecule has 6 heteroatoms. The van der Waals surface area contributed by atoms with Crippen molar-refractivity contribution in [2.45, 2.75) is 25.4 Å². The Kier molecular flexibility index (Phi) is 3.89. The van der Waals surface area contributed by atoms with Gasteiger partial charge in [-0.2, -0.15) is 0 Å². The van der Waals surface area contributed by atoms with Gasteiger partial charge >= 0.3 is 0 Å². The van der Waals surface area contributed by atoms with Crippen LogP contribution in [-0.2, 0) is 16.1 Å². The second kappa shape index (κ2) is 5.67. The maximum absolute atomic E-state index is 12.2. The van der Waals surface area contributed by atoms with Crippen LogP contribution in [0, 0.1) is 5.92 Å². The van der Waals surface area contributed by atoms with Crippen molar-refractivity contribution >= 4 is 27.7 Å². The molecule has 1 heterocycles. The molecule has 1 aromatic rings. The summed E-state index contributed by atoms with van der Waals surface area (Å²) in [7, 11) is 1.61. The predicted octanol–water partition coefficient (Wildman–Crippen LogP) is 1.69. The fraction of sp³-hybridized carbons (Fsp3) is 0.467. The van der Waals surface area contributed by atoms with Gasteiger partial charge in [-0.25, -0.2) is 0 Å². The SMILES string of the molecule is COc1ccc(Br)cc1CN1C(=O)CNC(=O)C1C1CC1. The Labute approximate surface area is 131 Å². The quantitative estimate of drug-likeness (QED) is 0.896. The first kappa shape index (κ1) is 14.4. The van der Waals surface area contributed by atoms with E-state index in [0.717, 1.165) is 28.6 Å². The van der Waals surface area contributed by atoms with E-state index in [0.29, 0.717) is 12.5 Å². The maximum Gasteiger partial charge on any atom is 0.243 e. The third-order valence-corrected chi connectivity index (χ3v) is 4.48. The molecule has 0 bridgehead atoms. The van der Waals surface area contributed by atoms with Crippen molar-refractivity contribution in [1.82, 2.24) is 10.2 Å². The molecule has 2 amide bonds. The van der Waals surface area contributed by atoms with E-state index in [2.05, 4.69) is 21.2 Å². The lowest BCUT2D eigenvalue weighted by molar-refractivity contribution is -0.147. The van der Waals surface area contributed by atoms with Crippen molar-refractivity contribution in [2.75, 3.05) is 13.7 Å². The Hall–Kier alpha value is -1.56. The highest BCUT2D eigenvalue weighted by Gasteiger charge is 2.44. The molecule has 0 spiro atoms. The van der Waals surface area contributed by atoms with Crippen LogP contribution < -0.4 is 10.1 Å². The Morgan fingerprint density at radius 3 is 2.81 bits per heavy atom. The van der Waals surface area contributed by atoms with Gasteiger partial charge in [-0.15, -0.1) is 0 Å². The number of nitrogens with one attached hydrogen (secondary N) is 1. The molecule has 1 saturated heterocycles. The van der Waals surface area contributed by atoms with Crippen LogP contribution in [-0.4, -0.2) is 36.4 Å². The number of hydrogen-bond acceptors (Lipinski definition) is 3. The third-order valence-electron chi connectivity index (χ3n) is 3.99. The molecule has 21 heavy (non-hydrogen) atoms. The molecule has 112 valence electrons. The molecule has 1 saturated carbocycles. The van der Waals surface area contributed by atoms with E-state index in [1.54, 1.807) is 12.0 Å². The molecule has 3 rings (SSSR count). The van der Waals surface area contributed by atoms with Gasteiger partial charge in [-0.1, -0.05) is 15.9 Å². The summed E-state index contributed by atoms with van der Waals surface area (Å²) in [5, 5.41) is 2.69. The van der Waals surface area contributed by atoms with Gasteiger partial charge in [0.05, 0.1) is 20.2 Å². The van der Waals surface area contributed by atoms with Gasteiger partial charge in [0.2, 0.25) is 11.8 Å². The average Bonchev–Trinajstić information content (AvgIpc) is 3.28. The number of nitrogens with zero attached hydrogens (tertiary/aromatic N) is 1. The number of ether oxygens (including phenoxy) is 1. The lowest BCUT2D eigenvalue weighted by Gasteiger charge is -2.35. The number of piperazine rings is 1. The van der Waals surface area contributed by atoms with Gasteiger partial charge in [0.25, 0.3) is 0 Å². The normalized spacial score (nSPS) is 22.2. The fourth-order valence-electron chi connectivity index (χ4n) is 2.79. The second-order valence-electron chi connectivity index (χ2n) is 5.48. The number of benzene rings is 1. The van der Waals surface area contributed by atoms with Crippen molar-refractivity contribution in [3.8, 4) is 5.75 Å². The smallest absolute Gasteiger partial charge is 0.243 e. The van der Waals surface area contributed by atoms with Crippen LogP contribution in [0.3, 0.4) is 0 Å². The van der Waals surface area contributed by atoms with E-state index in [-0.39, 0.29) is 24.4 Å². The van der Waals surface area contributed by atoms with Crippen molar-refractivity contribution in [1.29, 1.82) is 0 Å². The van der Waals surface area contributed by atoms with E-state index in [1.165, 1.54) is 0 Å². The summed E-state index contributed by atoms with van der Waals surface area (Å²) < 4.78 is 6.28. The number of hydrogen-bond donors (Lipinski definition) is 1. The molecule has 1 atom stereocenters. The number of amides is 2. The highest BCUT2D eigenvalue weighted by atomic mass is 79.9. The van der Waals surface area contributed by atoms with Crippen LogP contribution in [0.15, 0.2) is 22.7 Å². The summed E-state index contributed by atoms with van der Waals surface area (Å²) in [4.78, 5) is 26.0. The predicted molar refractivity (Wildman–Crippen MR) is 80.8 cm³/mol. The van der Waals surface area contributed by atoms with Gasteiger partial charge in [-0.3, -0.25) is 9.59 Å². The van der Waals surface area contributed by atoms with Crippen LogP contribution in [0.2, 0.25) is 0 Å². The van der Waals surface area contributed by atoms with E-state index in [4.69, 9.17) is 4.74 Å². The van der Waals surface area contributed by atoms with Gasteiger partial charge in [0, 0.05) is 10.0 Å². The Morgan fingerprint density at radius 2 is 2.14 bits per heavy atom. The molecule has 1 aromatic carbocycles.